The third-order valence-corrected chi connectivity index (χ3v) is 6.71. The number of aromatic nitrogens is 4. The fraction of sp³-hybridized carbons (Fsp3) is 0.462. The Morgan fingerprint density at radius 1 is 1.39 bits per heavy atom. The third-order valence-electron chi connectivity index (χ3n) is 3.53. The normalized spacial score (nSPS) is 23.1. The van der Waals surface area contributed by atoms with Gasteiger partial charge in [0, 0.05) is 0 Å². The summed E-state index contributed by atoms with van der Waals surface area (Å²) in [5, 5.41) is 21.4. The highest BCUT2D eigenvalue weighted by atomic mass is 32.2. The summed E-state index contributed by atoms with van der Waals surface area (Å²) >= 11 is 1.16. The van der Waals surface area contributed by atoms with Gasteiger partial charge in [0.25, 0.3) is 0 Å². The molecule has 0 aliphatic carbocycles. The molecule has 2 atom stereocenters. The first kappa shape index (κ1) is 16.2. The molecule has 0 bridgehead atoms. The first-order valence-corrected chi connectivity index (χ1v) is 9.58. The molecule has 0 unspecified atom stereocenters. The maximum atomic E-state index is 11.6. The van der Waals surface area contributed by atoms with E-state index in [4.69, 9.17) is 4.74 Å². The molecule has 1 aromatic carbocycles. The van der Waals surface area contributed by atoms with Crippen molar-refractivity contribution in [2.24, 2.45) is 0 Å². The predicted molar refractivity (Wildman–Crippen MR) is 84.7 cm³/mol. The zero-order chi connectivity index (χ0) is 16.6. The number of sulfone groups is 1. The van der Waals surface area contributed by atoms with Gasteiger partial charge in [0.2, 0.25) is 5.16 Å². The molecule has 23 heavy (non-hydrogen) atoms. The molecule has 1 aromatic heterocycles. The van der Waals surface area contributed by atoms with Crippen LogP contribution in [-0.2, 0) is 9.84 Å². The van der Waals surface area contributed by atoms with Crippen molar-refractivity contribution in [2.45, 2.75) is 23.4 Å². The summed E-state index contributed by atoms with van der Waals surface area (Å²) in [5.41, 5.74) is 1.67. The monoisotopic (exact) mass is 356 g/mol. The van der Waals surface area contributed by atoms with Crippen molar-refractivity contribution in [1.82, 2.24) is 20.2 Å². The van der Waals surface area contributed by atoms with Gasteiger partial charge in [-0.25, -0.2) is 8.42 Å². The first-order valence-electron chi connectivity index (χ1n) is 6.88. The molecule has 2 heterocycles. The average molecular weight is 356 g/mol. The lowest BCUT2D eigenvalue weighted by molar-refractivity contribution is 0.207. The number of aliphatic hydroxyl groups excluding tert-OH is 1. The lowest BCUT2D eigenvalue weighted by Gasteiger charge is -2.13. The number of hydrogen-bond acceptors (Lipinski definition) is 8. The average Bonchev–Trinajstić information content (AvgIpc) is 3.03. The number of nitrogens with zero attached hydrogens (tertiary/aromatic N) is 4. The molecule has 3 rings (SSSR count). The largest absolute Gasteiger partial charge is 0.494 e. The van der Waals surface area contributed by atoms with E-state index in [1.54, 1.807) is 7.11 Å². The second-order valence-corrected chi connectivity index (χ2v) is 8.71. The minimum atomic E-state index is -3.22. The maximum Gasteiger partial charge on any atom is 0.214 e. The number of ether oxygens (including phenoxy) is 1. The molecule has 0 radical (unpaired) electrons. The molecular weight excluding hydrogens is 340 g/mol. The standard InChI is InChI=1S/C13H16N4O4S2/c1-8-3-4-11(21-2)9(5-8)17-13(14-15-16-17)22-12-7-23(19,20)6-10(12)18/h3-5,10,12,18H,6-7H2,1-2H3/t10-,12+/m1/s1. The van der Waals surface area contributed by atoms with E-state index < -0.39 is 21.2 Å². The molecule has 1 aliphatic heterocycles. The van der Waals surface area contributed by atoms with Gasteiger partial charge in [-0.3, -0.25) is 0 Å². The summed E-state index contributed by atoms with van der Waals surface area (Å²) in [5.74, 6) is 0.292. The number of tetrazole rings is 1. The van der Waals surface area contributed by atoms with E-state index in [-0.39, 0.29) is 11.5 Å². The zero-order valence-corrected chi connectivity index (χ0v) is 14.2. The van der Waals surface area contributed by atoms with Crippen molar-refractivity contribution in [3.8, 4) is 11.4 Å². The molecule has 0 amide bonds. The van der Waals surface area contributed by atoms with Crippen molar-refractivity contribution >= 4 is 21.6 Å². The zero-order valence-electron chi connectivity index (χ0n) is 12.6. The molecule has 0 spiro atoms. The van der Waals surface area contributed by atoms with E-state index >= 15 is 0 Å². The highest BCUT2D eigenvalue weighted by Gasteiger charge is 2.38. The smallest absolute Gasteiger partial charge is 0.214 e. The Bertz CT molecular complexity index is 821. The van der Waals surface area contributed by atoms with Gasteiger partial charge in [-0.1, -0.05) is 17.8 Å². The Hall–Kier alpha value is -1.65. The van der Waals surface area contributed by atoms with Crippen LogP contribution in [0.25, 0.3) is 5.69 Å². The summed E-state index contributed by atoms with van der Waals surface area (Å²) in [6, 6.07) is 5.60. The molecule has 1 N–H and O–H groups in total. The fourth-order valence-corrected chi connectivity index (χ4v) is 5.88. The summed E-state index contributed by atoms with van der Waals surface area (Å²) < 4.78 is 30.1. The van der Waals surface area contributed by atoms with Gasteiger partial charge in [0.15, 0.2) is 9.84 Å². The Morgan fingerprint density at radius 2 is 2.17 bits per heavy atom. The molecule has 1 fully saturated rings. The number of benzene rings is 1. The summed E-state index contributed by atoms with van der Waals surface area (Å²) in [7, 11) is -1.66. The number of aliphatic hydroxyl groups is 1. The first-order chi connectivity index (χ1) is 10.9. The van der Waals surface area contributed by atoms with Crippen molar-refractivity contribution in [1.29, 1.82) is 0 Å². The van der Waals surface area contributed by atoms with Gasteiger partial charge in [0.1, 0.15) is 11.4 Å². The summed E-state index contributed by atoms with van der Waals surface area (Å²) in [4.78, 5) is 0. The topological polar surface area (TPSA) is 107 Å². The van der Waals surface area contributed by atoms with Gasteiger partial charge < -0.3 is 9.84 Å². The van der Waals surface area contributed by atoms with Crippen LogP contribution in [0.3, 0.4) is 0 Å². The maximum absolute atomic E-state index is 11.6. The van der Waals surface area contributed by atoms with Gasteiger partial charge in [-0.2, -0.15) is 4.68 Å². The second kappa shape index (κ2) is 6.10. The number of methoxy groups -OCH3 is 1. The predicted octanol–water partition coefficient (Wildman–Crippen LogP) is 0.229. The Labute approximate surface area is 137 Å². The molecule has 2 aromatic rings. The van der Waals surface area contributed by atoms with Crippen LogP contribution >= 0.6 is 11.8 Å². The fourth-order valence-electron chi connectivity index (χ4n) is 2.41. The quantitative estimate of drug-likeness (QED) is 0.829. The molecule has 1 aliphatic rings. The third kappa shape index (κ3) is 3.33. The van der Waals surface area contributed by atoms with E-state index in [9.17, 15) is 13.5 Å². The molecule has 8 nitrogen and oxygen atoms in total. The van der Waals surface area contributed by atoms with Crippen LogP contribution < -0.4 is 4.74 Å². The van der Waals surface area contributed by atoms with Crippen LogP contribution in [0.4, 0.5) is 0 Å². The Balaban J connectivity index is 1.93. The molecule has 10 heteroatoms. The Kier molecular flexibility index (Phi) is 4.30. The van der Waals surface area contributed by atoms with Gasteiger partial charge in [-0.05, 0) is 35.0 Å². The summed E-state index contributed by atoms with van der Waals surface area (Å²) in [6.07, 6.45) is -0.922. The van der Waals surface area contributed by atoms with Crippen molar-refractivity contribution in [3.05, 3.63) is 23.8 Å². The van der Waals surface area contributed by atoms with E-state index in [2.05, 4.69) is 15.5 Å². The van der Waals surface area contributed by atoms with Gasteiger partial charge >= 0.3 is 0 Å². The SMILES string of the molecule is COc1ccc(C)cc1-n1nnnc1S[C@H]1CS(=O)(=O)C[C@H]1O. The molecule has 0 saturated carbocycles. The highest BCUT2D eigenvalue weighted by molar-refractivity contribution is 8.01. The second-order valence-electron chi connectivity index (χ2n) is 5.35. The number of thioether (sulfide) groups is 1. The summed E-state index contributed by atoms with van der Waals surface area (Å²) in [6.45, 7) is 1.94. The van der Waals surface area contributed by atoms with Crippen LogP contribution in [-0.4, -0.2) is 63.7 Å². The molecule has 1 saturated heterocycles. The van der Waals surface area contributed by atoms with E-state index in [0.717, 1.165) is 17.3 Å². The number of hydrogen-bond donors (Lipinski definition) is 1. The van der Waals surface area contributed by atoms with Gasteiger partial charge in [0.05, 0.1) is 30.0 Å². The number of aryl methyl sites for hydroxylation is 1. The minimum Gasteiger partial charge on any atom is -0.494 e. The van der Waals surface area contributed by atoms with Crippen molar-refractivity contribution < 1.29 is 18.3 Å². The van der Waals surface area contributed by atoms with Crippen LogP contribution in [0.5, 0.6) is 5.75 Å². The molecular formula is C13H16N4O4S2. The van der Waals surface area contributed by atoms with Crippen molar-refractivity contribution in [3.63, 3.8) is 0 Å². The van der Waals surface area contributed by atoms with Gasteiger partial charge in [-0.15, -0.1) is 5.10 Å². The van der Waals surface area contributed by atoms with Crippen LogP contribution in [0.1, 0.15) is 5.56 Å². The van der Waals surface area contributed by atoms with Crippen LogP contribution in [0.2, 0.25) is 0 Å². The highest BCUT2D eigenvalue weighted by Crippen LogP contribution is 2.32. The van der Waals surface area contributed by atoms with E-state index in [1.165, 1.54) is 4.68 Å². The van der Waals surface area contributed by atoms with Crippen molar-refractivity contribution in [2.75, 3.05) is 18.6 Å². The lowest BCUT2D eigenvalue weighted by atomic mass is 10.2. The number of rotatable bonds is 4. The van der Waals surface area contributed by atoms with E-state index in [1.807, 2.05) is 25.1 Å². The lowest BCUT2D eigenvalue weighted by Crippen LogP contribution is -2.20. The van der Waals surface area contributed by atoms with E-state index in [0.29, 0.717) is 16.6 Å². The Morgan fingerprint density at radius 3 is 2.83 bits per heavy atom. The van der Waals surface area contributed by atoms with Crippen LogP contribution in [0.15, 0.2) is 23.4 Å². The minimum absolute atomic E-state index is 0.0867. The molecule has 124 valence electrons. The van der Waals surface area contributed by atoms with Crippen LogP contribution in [0, 0.1) is 6.92 Å².